The number of benzene rings is 6. The molecule has 0 aliphatic heterocycles. The van der Waals surface area contributed by atoms with E-state index in [0.717, 1.165) is 102 Å². The molecule has 0 radical (unpaired) electrons. The van der Waals surface area contributed by atoms with E-state index in [9.17, 15) is 0 Å². The molecule has 9 N–H and O–H groups in total. The molecule has 0 amide bonds. The van der Waals surface area contributed by atoms with E-state index in [1.54, 1.807) is 0 Å². The summed E-state index contributed by atoms with van der Waals surface area (Å²) >= 11 is 0. The van der Waals surface area contributed by atoms with Crippen LogP contribution < -0.4 is 22.9 Å². The summed E-state index contributed by atoms with van der Waals surface area (Å²) in [6.07, 6.45) is 8.26. The van der Waals surface area contributed by atoms with Crippen LogP contribution in [0.15, 0.2) is 159 Å². The summed E-state index contributed by atoms with van der Waals surface area (Å²) in [6, 6.07) is 49.8. The van der Waals surface area contributed by atoms with Crippen LogP contribution in [0.2, 0.25) is 25.7 Å². The SMILES string of the molecule is C=C(c1cccc(N)c1)c1ccc2c(/C=C/c3ccccc3)n[nH]c2c1.C=C(c1cccc(N)c1)c1ccc2c(/C=C/c3ccccc3)nn(COCC[Si](C)(C)C)c2c1.NCCN. The van der Waals surface area contributed by atoms with E-state index in [-0.39, 0.29) is 0 Å². The summed E-state index contributed by atoms with van der Waals surface area (Å²) in [7, 11) is -1.15. The molecule has 0 bridgehead atoms. The molecule has 326 valence electrons. The minimum atomic E-state index is -1.15. The number of fused-ring (bicyclic) bond motifs is 2. The molecule has 10 heteroatoms. The molecule has 2 aromatic heterocycles. The summed E-state index contributed by atoms with van der Waals surface area (Å²) in [5, 5.41) is 14.6. The number of nitrogens with zero attached hydrogens (tertiary/aromatic N) is 3. The maximum absolute atomic E-state index is 6.05. The molecule has 6 aromatic carbocycles. The van der Waals surface area contributed by atoms with Crippen molar-refractivity contribution in [3.8, 4) is 0 Å². The molecule has 0 unspecified atom stereocenters. The number of nitrogen functional groups attached to an aromatic ring is 2. The molecule has 0 fully saturated rings. The van der Waals surface area contributed by atoms with Gasteiger partial charge in [0.15, 0.2) is 0 Å². The summed E-state index contributed by atoms with van der Waals surface area (Å²) in [5.74, 6) is 0. The average molecular weight is 865 g/mol. The van der Waals surface area contributed by atoms with E-state index in [1.165, 1.54) is 0 Å². The highest BCUT2D eigenvalue weighted by Crippen LogP contribution is 2.30. The second-order valence-electron chi connectivity index (χ2n) is 16.6. The molecule has 0 aliphatic carbocycles. The predicted octanol–water partition coefficient (Wildman–Crippen LogP) is 11.4. The molecule has 8 rings (SSSR count). The highest BCUT2D eigenvalue weighted by molar-refractivity contribution is 6.76. The smallest absolute Gasteiger partial charge is 0.140 e. The number of hydrogen-bond acceptors (Lipinski definition) is 7. The van der Waals surface area contributed by atoms with Gasteiger partial charge in [0, 0.05) is 49.9 Å². The van der Waals surface area contributed by atoms with E-state index in [2.05, 4.69) is 122 Å². The van der Waals surface area contributed by atoms with Crippen molar-refractivity contribution in [2.24, 2.45) is 11.5 Å². The number of anilines is 2. The maximum atomic E-state index is 6.05. The average Bonchev–Trinajstić information content (AvgIpc) is 3.89. The van der Waals surface area contributed by atoms with Gasteiger partial charge < -0.3 is 27.7 Å². The van der Waals surface area contributed by atoms with Gasteiger partial charge in [0.2, 0.25) is 0 Å². The minimum Gasteiger partial charge on any atom is -0.399 e. The van der Waals surface area contributed by atoms with Crippen molar-refractivity contribution in [2.75, 3.05) is 31.2 Å². The van der Waals surface area contributed by atoms with E-state index in [1.807, 2.05) is 95.7 Å². The molecule has 8 aromatic rings. The second kappa shape index (κ2) is 22.3. The van der Waals surface area contributed by atoms with Crippen LogP contribution in [0.25, 0.3) is 57.3 Å². The van der Waals surface area contributed by atoms with Crippen LogP contribution >= 0.6 is 0 Å². The third-order valence-electron chi connectivity index (χ3n) is 10.4. The lowest BCUT2D eigenvalue weighted by atomic mass is 9.98. The van der Waals surface area contributed by atoms with Crippen LogP contribution in [0.3, 0.4) is 0 Å². The fourth-order valence-electron chi connectivity index (χ4n) is 6.76. The molecule has 0 saturated heterocycles. The van der Waals surface area contributed by atoms with Gasteiger partial charge in [-0.25, -0.2) is 4.68 Å². The summed E-state index contributed by atoms with van der Waals surface area (Å²) in [4.78, 5) is 0. The second-order valence-corrected chi connectivity index (χ2v) is 22.2. The Bertz CT molecular complexity index is 2850. The standard InChI is InChI=1S/C29H33N3OSi.C23H19N3.C2H8N2/c1-22(24-11-8-12-26(30)19-24)25-14-15-27-28(16-13-23-9-6-5-7-10-23)31-32(29(27)20-25)21-33-17-18-34(2,3)4;1-16(18-8-5-9-20(24)14-18)19-11-12-21-22(25-26-23(21)15-19)13-10-17-6-3-2-4-7-17;3-1-2-4/h5-16,19-20H,1,17-18,21,30H2,2-4H3;2-15H,1,24H2,(H,25,26);1-4H2/b16-13+;13-10+;. The highest BCUT2D eigenvalue weighted by atomic mass is 28.3. The number of H-pyrrole nitrogens is 1. The predicted molar refractivity (Wildman–Crippen MR) is 277 cm³/mol. The zero-order valence-electron chi connectivity index (χ0n) is 37.2. The third-order valence-corrected chi connectivity index (χ3v) is 12.1. The highest BCUT2D eigenvalue weighted by Gasteiger charge is 2.15. The Kier molecular flexibility index (Phi) is 16.2. The van der Waals surface area contributed by atoms with Gasteiger partial charge in [-0.2, -0.15) is 10.2 Å². The number of nitrogens with two attached hydrogens (primary N) is 4. The first kappa shape index (κ1) is 46.4. The van der Waals surface area contributed by atoms with Gasteiger partial charge in [-0.3, -0.25) is 5.10 Å². The minimum absolute atomic E-state index is 0.425. The lowest BCUT2D eigenvalue weighted by Gasteiger charge is -2.15. The van der Waals surface area contributed by atoms with Crippen molar-refractivity contribution in [1.82, 2.24) is 20.0 Å². The van der Waals surface area contributed by atoms with Gasteiger partial charge in [0.25, 0.3) is 0 Å². The Balaban J connectivity index is 0.000000202. The first-order valence-corrected chi connectivity index (χ1v) is 25.2. The van der Waals surface area contributed by atoms with E-state index < -0.39 is 8.07 Å². The maximum Gasteiger partial charge on any atom is 0.140 e. The van der Waals surface area contributed by atoms with Crippen molar-refractivity contribution in [3.63, 3.8) is 0 Å². The van der Waals surface area contributed by atoms with Crippen molar-refractivity contribution in [2.45, 2.75) is 32.4 Å². The van der Waals surface area contributed by atoms with Crippen molar-refractivity contribution < 1.29 is 4.74 Å². The Labute approximate surface area is 378 Å². The number of aromatic nitrogens is 4. The summed E-state index contributed by atoms with van der Waals surface area (Å²) < 4.78 is 8.01. The van der Waals surface area contributed by atoms with Gasteiger partial charge in [0.1, 0.15) is 6.73 Å². The first-order valence-electron chi connectivity index (χ1n) is 21.5. The fourth-order valence-corrected chi connectivity index (χ4v) is 7.52. The van der Waals surface area contributed by atoms with Crippen LogP contribution in [-0.4, -0.2) is 47.7 Å². The number of aromatic amines is 1. The van der Waals surface area contributed by atoms with E-state index in [0.29, 0.717) is 19.8 Å². The van der Waals surface area contributed by atoms with Gasteiger partial charge in [-0.05, 0) is 111 Å². The molecule has 0 aliphatic rings. The van der Waals surface area contributed by atoms with Gasteiger partial charge in [-0.15, -0.1) is 0 Å². The summed E-state index contributed by atoms with van der Waals surface area (Å²) in [5.41, 5.74) is 35.3. The molecule has 0 atom stereocenters. The Morgan fingerprint density at radius 3 is 1.66 bits per heavy atom. The quantitative estimate of drug-likeness (QED) is 0.0413. The Hall–Kier alpha value is -7.08. The van der Waals surface area contributed by atoms with Gasteiger partial charge >= 0.3 is 0 Å². The number of nitrogens with one attached hydrogen (secondary N) is 1. The van der Waals surface area contributed by atoms with Crippen LogP contribution in [0.1, 0.15) is 44.8 Å². The molecule has 0 spiro atoms. The summed E-state index contributed by atoms with van der Waals surface area (Å²) in [6.45, 7) is 18.0. The normalized spacial score (nSPS) is 11.4. The Morgan fingerprint density at radius 1 is 0.609 bits per heavy atom. The molecule has 0 saturated carbocycles. The Morgan fingerprint density at radius 2 is 1.12 bits per heavy atom. The van der Waals surface area contributed by atoms with E-state index >= 15 is 0 Å². The monoisotopic (exact) mass is 864 g/mol. The van der Waals surface area contributed by atoms with Crippen LogP contribution in [0.4, 0.5) is 11.4 Å². The van der Waals surface area contributed by atoms with Crippen molar-refractivity contribution in [3.05, 3.63) is 204 Å². The third kappa shape index (κ3) is 13.0. The number of ether oxygens (including phenoxy) is 1. The largest absolute Gasteiger partial charge is 0.399 e. The van der Waals surface area contributed by atoms with Crippen LogP contribution in [0, 0.1) is 0 Å². The molecular formula is C54H60N8OSi. The van der Waals surface area contributed by atoms with Crippen LogP contribution in [-0.2, 0) is 11.5 Å². The van der Waals surface area contributed by atoms with Crippen molar-refractivity contribution >= 4 is 76.7 Å². The topological polar surface area (TPSA) is 160 Å². The molecular weight excluding hydrogens is 805 g/mol. The van der Waals surface area contributed by atoms with Gasteiger partial charge in [-0.1, -0.05) is 142 Å². The lowest BCUT2D eigenvalue weighted by Crippen LogP contribution is -2.22. The molecule has 9 nitrogen and oxygen atoms in total. The number of rotatable bonds is 14. The van der Waals surface area contributed by atoms with E-state index in [4.69, 9.17) is 32.8 Å². The first-order chi connectivity index (χ1) is 30.9. The fraction of sp³-hybridized carbons (Fsp3) is 0.148. The molecule has 2 heterocycles. The zero-order valence-corrected chi connectivity index (χ0v) is 38.2. The van der Waals surface area contributed by atoms with Crippen LogP contribution in [0.5, 0.6) is 0 Å². The lowest BCUT2D eigenvalue weighted by molar-refractivity contribution is 0.0816. The zero-order chi connectivity index (χ0) is 45.5. The van der Waals surface area contributed by atoms with Crippen molar-refractivity contribution in [1.29, 1.82) is 0 Å². The molecule has 64 heavy (non-hydrogen) atoms. The van der Waals surface area contributed by atoms with Gasteiger partial charge in [0.05, 0.1) is 22.4 Å². The number of hydrogen-bond donors (Lipinski definition) is 5.